The summed E-state index contributed by atoms with van der Waals surface area (Å²) >= 11 is 0. The maximum Gasteiger partial charge on any atom is 0.407 e. The molecule has 0 saturated heterocycles. The van der Waals surface area contributed by atoms with Crippen LogP contribution in [0.5, 0.6) is 0 Å². The first-order valence-electron chi connectivity index (χ1n) is 8.71. The van der Waals surface area contributed by atoms with E-state index in [-0.39, 0.29) is 11.6 Å². The number of nitrogens with zero attached hydrogens (tertiary/aromatic N) is 2. The second-order valence-corrected chi connectivity index (χ2v) is 7.74. The summed E-state index contributed by atoms with van der Waals surface area (Å²) in [6, 6.07) is 0. The molecule has 0 aromatic carbocycles. The lowest BCUT2D eigenvalue weighted by atomic mass is 9.73. The van der Waals surface area contributed by atoms with Crippen molar-refractivity contribution in [1.82, 2.24) is 20.8 Å². The molecule has 0 spiro atoms. The highest BCUT2D eigenvalue weighted by Crippen LogP contribution is 2.33. The lowest BCUT2D eigenvalue weighted by molar-refractivity contribution is 0.0479. The number of ether oxygens (including phenoxy) is 1. The molecule has 0 radical (unpaired) electrons. The Labute approximate surface area is 143 Å². The third-order valence-electron chi connectivity index (χ3n) is 4.57. The van der Waals surface area contributed by atoms with Crippen molar-refractivity contribution in [3.05, 3.63) is 11.7 Å². The quantitative estimate of drug-likeness (QED) is 0.858. The van der Waals surface area contributed by atoms with Crippen molar-refractivity contribution >= 4 is 6.09 Å². The molecule has 2 rings (SSSR count). The number of aryl methyl sites for hydroxylation is 1. The Morgan fingerprint density at radius 2 is 2.17 bits per heavy atom. The largest absolute Gasteiger partial charge is 0.444 e. The van der Waals surface area contributed by atoms with Gasteiger partial charge in [0.15, 0.2) is 5.82 Å². The lowest BCUT2D eigenvalue weighted by Crippen LogP contribution is -2.59. The SMILES string of the molecule is Cc1nc(CN[C@]2(CNC(=O)OC(C)(C)C)CCCC[C@@H]2C)no1. The highest BCUT2D eigenvalue weighted by molar-refractivity contribution is 5.67. The normalized spacial score (nSPS) is 24.6. The van der Waals surface area contributed by atoms with Gasteiger partial charge in [-0.3, -0.25) is 0 Å². The monoisotopic (exact) mass is 338 g/mol. The molecule has 1 aliphatic rings. The van der Waals surface area contributed by atoms with Crippen LogP contribution in [-0.4, -0.2) is 33.9 Å². The standard InChI is InChI=1S/C17H30N4O3/c1-12-8-6-7-9-17(12,11-18-15(22)23-16(3,4)5)19-10-14-20-13(2)24-21-14/h12,19H,6-11H2,1-5H3,(H,18,22)/t12-,17-/m0/s1. The molecule has 1 aromatic heterocycles. The second-order valence-electron chi connectivity index (χ2n) is 7.74. The first-order valence-corrected chi connectivity index (χ1v) is 8.71. The molecule has 0 aliphatic heterocycles. The van der Waals surface area contributed by atoms with E-state index in [4.69, 9.17) is 9.26 Å². The van der Waals surface area contributed by atoms with Crippen LogP contribution < -0.4 is 10.6 Å². The summed E-state index contributed by atoms with van der Waals surface area (Å²) in [4.78, 5) is 16.3. The van der Waals surface area contributed by atoms with Crippen LogP contribution in [0.25, 0.3) is 0 Å². The third kappa shape index (κ3) is 5.19. The minimum Gasteiger partial charge on any atom is -0.444 e. The Hall–Kier alpha value is -1.63. The summed E-state index contributed by atoms with van der Waals surface area (Å²) < 4.78 is 10.4. The molecular formula is C17H30N4O3. The maximum absolute atomic E-state index is 12.0. The molecule has 24 heavy (non-hydrogen) atoms. The number of hydrogen-bond acceptors (Lipinski definition) is 6. The Balaban J connectivity index is 1.99. The van der Waals surface area contributed by atoms with Crippen LogP contribution in [0.3, 0.4) is 0 Å². The fourth-order valence-electron chi connectivity index (χ4n) is 3.21. The van der Waals surface area contributed by atoms with E-state index in [0.717, 1.165) is 19.3 Å². The number of nitrogens with one attached hydrogen (secondary N) is 2. The van der Waals surface area contributed by atoms with E-state index >= 15 is 0 Å². The van der Waals surface area contributed by atoms with Crippen LogP contribution >= 0.6 is 0 Å². The van der Waals surface area contributed by atoms with Crippen molar-refractivity contribution in [2.45, 2.75) is 78.0 Å². The van der Waals surface area contributed by atoms with Gasteiger partial charge < -0.3 is 19.9 Å². The summed E-state index contributed by atoms with van der Waals surface area (Å²) in [7, 11) is 0. The Morgan fingerprint density at radius 1 is 1.42 bits per heavy atom. The Kier molecular flexibility index (Phi) is 5.85. The summed E-state index contributed by atoms with van der Waals surface area (Å²) in [5.74, 6) is 1.64. The van der Waals surface area contributed by atoms with Gasteiger partial charge in [0.25, 0.3) is 0 Å². The van der Waals surface area contributed by atoms with Gasteiger partial charge in [0.1, 0.15) is 5.60 Å². The highest BCUT2D eigenvalue weighted by atomic mass is 16.6. The van der Waals surface area contributed by atoms with Gasteiger partial charge in [0, 0.05) is 19.0 Å². The van der Waals surface area contributed by atoms with Crippen LogP contribution in [0.4, 0.5) is 4.79 Å². The van der Waals surface area contributed by atoms with Gasteiger partial charge in [-0.1, -0.05) is 24.9 Å². The molecule has 7 nitrogen and oxygen atoms in total. The van der Waals surface area contributed by atoms with Crippen molar-refractivity contribution in [2.24, 2.45) is 5.92 Å². The van der Waals surface area contributed by atoms with Crippen LogP contribution in [0.1, 0.15) is 65.1 Å². The molecule has 0 unspecified atom stereocenters. The summed E-state index contributed by atoms with van der Waals surface area (Å²) in [5.41, 5.74) is -0.672. The predicted octanol–water partition coefficient (Wildman–Crippen LogP) is 2.94. The predicted molar refractivity (Wildman–Crippen MR) is 90.5 cm³/mol. The second kappa shape index (κ2) is 7.51. The van der Waals surface area contributed by atoms with E-state index in [2.05, 4.69) is 27.7 Å². The number of alkyl carbamates (subject to hydrolysis) is 1. The molecular weight excluding hydrogens is 308 g/mol. The lowest BCUT2D eigenvalue weighted by Gasteiger charge is -2.43. The van der Waals surface area contributed by atoms with Crippen molar-refractivity contribution in [1.29, 1.82) is 0 Å². The van der Waals surface area contributed by atoms with Crippen LogP contribution in [-0.2, 0) is 11.3 Å². The fourth-order valence-corrected chi connectivity index (χ4v) is 3.21. The number of carbonyl (C=O) groups excluding carboxylic acids is 1. The van der Waals surface area contributed by atoms with Crippen LogP contribution in [0.15, 0.2) is 4.52 Å². The topological polar surface area (TPSA) is 89.3 Å². The van der Waals surface area contributed by atoms with Gasteiger partial charge in [-0.15, -0.1) is 0 Å². The number of aromatic nitrogens is 2. The van der Waals surface area contributed by atoms with E-state index in [1.165, 1.54) is 6.42 Å². The minimum absolute atomic E-state index is 0.177. The third-order valence-corrected chi connectivity index (χ3v) is 4.57. The van der Waals surface area contributed by atoms with Gasteiger partial charge in [-0.25, -0.2) is 4.79 Å². The van der Waals surface area contributed by atoms with Crippen LogP contribution in [0.2, 0.25) is 0 Å². The van der Waals surface area contributed by atoms with Crippen molar-refractivity contribution in [3.63, 3.8) is 0 Å². The van der Waals surface area contributed by atoms with E-state index in [1.54, 1.807) is 6.92 Å². The number of carbonyl (C=O) groups is 1. The molecule has 2 atom stereocenters. The van der Waals surface area contributed by atoms with Crippen molar-refractivity contribution < 1.29 is 14.1 Å². The fraction of sp³-hybridized carbons (Fsp3) is 0.824. The molecule has 1 aliphatic carbocycles. The van der Waals surface area contributed by atoms with Gasteiger partial charge in [-0.05, 0) is 39.5 Å². The molecule has 1 saturated carbocycles. The smallest absolute Gasteiger partial charge is 0.407 e. The summed E-state index contributed by atoms with van der Waals surface area (Å²) in [6.45, 7) is 10.6. The van der Waals surface area contributed by atoms with E-state index in [9.17, 15) is 4.79 Å². The first-order chi connectivity index (χ1) is 11.2. The summed E-state index contributed by atoms with van der Waals surface area (Å²) in [5, 5.41) is 10.5. The molecule has 1 aromatic rings. The van der Waals surface area contributed by atoms with Gasteiger partial charge in [-0.2, -0.15) is 4.98 Å². The molecule has 136 valence electrons. The molecule has 1 heterocycles. The highest BCUT2D eigenvalue weighted by Gasteiger charge is 2.38. The van der Waals surface area contributed by atoms with Crippen LogP contribution in [0, 0.1) is 12.8 Å². The zero-order valence-electron chi connectivity index (χ0n) is 15.4. The Bertz CT molecular complexity index is 552. The van der Waals surface area contributed by atoms with Crippen molar-refractivity contribution in [2.75, 3.05) is 6.54 Å². The average Bonchev–Trinajstić information content (AvgIpc) is 2.89. The van der Waals surface area contributed by atoms with Gasteiger partial charge in [0.2, 0.25) is 5.89 Å². The molecule has 0 bridgehead atoms. The van der Waals surface area contributed by atoms with Gasteiger partial charge in [0.05, 0.1) is 6.54 Å². The number of amides is 1. The zero-order valence-corrected chi connectivity index (χ0v) is 15.4. The average molecular weight is 338 g/mol. The molecule has 2 N–H and O–H groups in total. The maximum atomic E-state index is 12.0. The summed E-state index contributed by atoms with van der Waals surface area (Å²) in [6.07, 6.45) is 4.11. The van der Waals surface area contributed by atoms with E-state index in [0.29, 0.717) is 30.7 Å². The number of rotatable bonds is 5. The first kappa shape index (κ1) is 18.7. The molecule has 1 fully saturated rings. The minimum atomic E-state index is -0.495. The van der Waals surface area contributed by atoms with Gasteiger partial charge >= 0.3 is 6.09 Å². The molecule has 1 amide bonds. The van der Waals surface area contributed by atoms with Crippen molar-refractivity contribution in [3.8, 4) is 0 Å². The van der Waals surface area contributed by atoms with E-state index in [1.807, 2.05) is 20.8 Å². The number of hydrogen-bond donors (Lipinski definition) is 2. The zero-order chi connectivity index (χ0) is 17.8. The molecule has 7 heteroatoms. The Morgan fingerprint density at radius 3 is 2.75 bits per heavy atom. The van der Waals surface area contributed by atoms with E-state index < -0.39 is 5.60 Å².